The Balaban J connectivity index is 2.62. The van der Waals surface area contributed by atoms with E-state index in [1.807, 2.05) is 0 Å². The van der Waals surface area contributed by atoms with E-state index in [1.54, 1.807) is 0 Å². The van der Waals surface area contributed by atoms with Crippen molar-refractivity contribution in [3.05, 3.63) is 33.9 Å². The maximum Gasteiger partial charge on any atom is 0.307 e. The molecule has 0 aliphatic rings. The highest BCUT2D eigenvalue weighted by molar-refractivity contribution is 6.17. The summed E-state index contributed by atoms with van der Waals surface area (Å²) >= 11 is 5.35. The first-order chi connectivity index (χ1) is 8.56. The summed E-state index contributed by atoms with van der Waals surface area (Å²) in [4.78, 5) is 9.33. The number of nitro benzene ring substituents is 1. The molecule has 8 heteroatoms. The number of nitrogens with zero attached hydrogens (tertiary/aromatic N) is 1. The van der Waals surface area contributed by atoms with Gasteiger partial charge < -0.3 is 9.47 Å². The molecule has 1 aromatic rings. The van der Waals surface area contributed by atoms with E-state index in [-0.39, 0.29) is 13.2 Å². The number of halogens is 3. The smallest absolute Gasteiger partial charge is 0.307 e. The largest absolute Gasteiger partial charge is 0.488 e. The van der Waals surface area contributed by atoms with Gasteiger partial charge in [-0.15, -0.1) is 11.6 Å². The minimum Gasteiger partial charge on any atom is -0.488 e. The quantitative estimate of drug-likeness (QED) is 0.333. The second kappa shape index (κ2) is 7.07. The van der Waals surface area contributed by atoms with Gasteiger partial charge in [0.1, 0.15) is 6.61 Å². The van der Waals surface area contributed by atoms with Crippen LogP contribution in [0.4, 0.5) is 14.5 Å². The van der Waals surface area contributed by atoms with Gasteiger partial charge in [0.05, 0.1) is 24.2 Å². The van der Waals surface area contributed by atoms with E-state index < -0.39 is 28.0 Å². The van der Waals surface area contributed by atoms with Gasteiger partial charge in [0.2, 0.25) is 5.82 Å². The van der Waals surface area contributed by atoms with E-state index in [4.69, 9.17) is 21.1 Å². The zero-order valence-electron chi connectivity index (χ0n) is 9.20. The van der Waals surface area contributed by atoms with Crippen LogP contribution in [0.5, 0.6) is 5.75 Å². The van der Waals surface area contributed by atoms with Crippen LogP contribution in [-0.2, 0) is 4.74 Å². The molecule has 1 aromatic carbocycles. The van der Waals surface area contributed by atoms with Crippen molar-refractivity contribution < 1.29 is 23.2 Å². The van der Waals surface area contributed by atoms with Crippen LogP contribution >= 0.6 is 11.6 Å². The van der Waals surface area contributed by atoms with Crippen LogP contribution < -0.4 is 4.74 Å². The molecule has 1 rings (SSSR count). The van der Waals surface area contributed by atoms with E-state index in [1.165, 1.54) is 0 Å². The molecule has 0 N–H and O–H groups in total. The normalized spacial score (nSPS) is 10.4. The standard InChI is InChI=1S/C10H10ClF2NO4/c11-1-2-17-3-4-18-10-6-7(12)9(14(15)16)5-8(10)13/h5-6H,1-4H2. The molecular weight excluding hydrogens is 272 g/mol. The Morgan fingerprint density at radius 2 is 1.94 bits per heavy atom. The maximum absolute atomic E-state index is 13.3. The lowest BCUT2D eigenvalue weighted by Gasteiger charge is -2.07. The molecule has 0 atom stereocenters. The Kier molecular flexibility index (Phi) is 5.73. The van der Waals surface area contributed by atoms with Gasteiger partial charge in [-0.25, -0.2) is 4.39 Å². The molecule has 0 aliphatic heterocycles. The number of rotatable bonds is 7. The van der Waals surface area contributed by atoms with Crippen LogP contribution in [0.25, 0.3) is 0 Å². The van der Waals surface area contributed by atoms with Gasteiger partial charge in [-0.05, 0) is 0 Å². The molecule has 100 valence electrons. The number of ether oxygens (including phenoxy) is 2. The van der Waals surface area contributed by atoms with E-state index in [2.05, 4.69) is 0 Å². The van der Waals surface area contributed by atoms with Gasteiger partial charge >= 0.3 is 5.69 Å². The molecule has 0 saturated heterocycles. The minimum atomic E-state index is -1.15. The highest BCUT2D eigenvalue weighted by atomic mass is 35.5. The van der Waals surface area contributed by atoms with Gasteiger partial charge in [-0.3, -0.25) is 10.1 Å². The van der Waals surface area contributed by atoms with Crippen LogP contribution in [0.1, 0.15) is 0 Å². The SMILES string of the molecule is O=[N+]([O-])c1cc(F)c(OCCOCCCl)cc1F. The summed E-state index contributed by atoms with van der Waals surface area (Å²) in [5, 5.41) is 10.3. The van der Waals surface area contributed by atoms with Crippen LogP contribution in [0, 0.1) is 21.7 Å². The molecule has 0 aromatic heterocycles. The second-order valence-corrected chi connectivity index (χ2v) is 3.52. The molecule has 0 spiro atoms. The topological polar surface area (TPSA) is 61.6 Å². The van der Waals surface area contributed by atoms with E-state index >= 15 is 0 Å². The van der Waals surface area contributed by atoms with Crippen molar-refractivity contribution in [1.82, 2.24) is 0 Å². The average molecular weight is 282 g/mol. The molecule has 18 heavy (non-hydrogen) atoms. The van der Waals surface area contributed by atoms with Crippen molar-refractivity contribution in [2.75, 3.05) is 25.7 Å². The van der Waals surface area contributed by atoms with Gasteiger partial charge in [0, 0.05) is 11.9 Å². The third-order valence-corrected chi connectivity index (χ3v) is 2.06. The number of nitro groups is 1. The molecular formula is C10H10ClF2NO4. The summed E-state index contributed by atoms with van der Waals surface area (Å²) in [7, 11) is 0. The van der Waals surface area contributed by atoms with Gasteiger partial charge in [0.25, 0.3) is 0 Å². The van der Waals surface area contributed by atoms with Crippen LogP contribution in [0.3, 0.4) is 0 Å². The van der Waals surface area contributed by atoms with Crippen molar-refractivity contribution in [2.45, 2.75) is 0 Å². The fourth-order valence-corrected chi connectivity index (χ4v) is 1.24. The van der Waals surface area contributed by atoms with E-state index in [0.717, 1.165) is 0 Å². The lowest BCUT2D eigenvalue weighted by Crippen LogP contribution is -2.09. The summed E-state index contributed by atoms with van der Waals surface area (Å²) < 4.78 is 36.3. The maximum atomic E-state index is 13.3. The Morgan fingerprint density at radius 3 is 2.56 bits per heavy atom. The first-order valence-corrected chi connectivity index (χ1v) is 5.49. The number of benzene rings is 1. The molecule has 0 radical (unpaired) electrons. The molecule has 5 nitrogen and oxygen atoms in total. The first kappa shape index (κ1) is 14.6. The highest BCUT2D eigenvalue weighted by Gasteiger charge is 2.19. The Hall–Kier alpha value is -1.47. The molecule has 0 bridgehead atoms. The van der Waals surface area contributed by atoms with Crippen molar-refractivity contribution >= 4 is 17.3 Å². The lowest BCUT2D eigenvalue weighted by molar-refractivity contribution is -0.387. The summed E-state index contributed by atoms with van der Waals surface area (Å²) in [5.41, 5.74) is -0.932. The minimum absolute atomic E-state index is 0.00887. The van der Waals surface area contributed by atoms with E-state index in [9.17, 15) is 18.9 Å². The Labute approximate surface area is 106 Å². The zero-order valence-corrected chi connectivity index (χ0v) is 9.95. The predicted octanol–water partition coefficient (Wildman–Crippen LogP) is 2.51. The summed E-state index contributed by atoms with van der Waals surface area (Å²) in [5.74, 6) is -2.23. The third kappa shape index (κ3) is 4.08. The number of hydrogen-bond acceptors (Lipinski definition) is 4. The van der Waals surface area contributed by atoms with Crippen LogP contribution in [-0.4, -0.2) is 30.6 Å². The third-order valence-electron chi connectivity index (χ3n) is 1.90. The second-order valence-electron chi connectivity index (χ2n) is 3.14. The van der Waals surface area contributed by atoms with Gasteiger partial charge in [-0.1, -0.05) is 0 Å². The zero-order chi connectivity index (χ0) is 13.5. The monoisotopic (exact) mass is 281 g/mol. The Morgan fingerprint density at radius 1 is 1.22 bits per heavy atom. The first-order valence-electron chi connectivity index (χ1n) is 4.96. The summed E-state index contributed by atoms with van der Waals surface area (Å²) in [6, 6.07) is 1.11. The van der Waals surface area contributed by atoms with Crippen LogP contribution in [0.15, 0.2) is 12.1 Å². The van der Waals surface area contributed by atoms with Crippen molar-refractivity contribution in [3.8, 4) is 5.75 Å². The van der Waals surface area contributed by atoms with Crippen LogP contribution in [0.2, 0.25) is 0 Å². The Bertz CT molecular complexity index is 431. The molecule has 0 heterocycles. The predicted molar refractivity (Wildman–Crippen MR) is 60.0 cm³/mol. The fraction of sp³-hybridized carbons (Fsp3) is 0.400. The molecule has 0 saturated carbocycles. The highest BCUT2D eigenvalue weighted by Crippen LogP contribution is 2.26. The molecule has 0 unspecified atom stereocenters. The molecule has 0 aliphatic carbocycles. The fourth-order valence-electron chi connectivity index (χ4n) is 1.14. The number of alkyl halides is 1. The van der Waals surface area contributed by atoms with Crippen molar-refractivity contribution in [1.29, 1.82) is 0 Å². The summed E-state index contributed by atoms with van der Waals surface area (Å²) in [6.07, 6.45) is 0. The van der Waals surface area contributed by atoms with E-state index in [0.29, 0.717) is 24.6 Å². The molecule has 0 fully saturated rings. The van der Waals surface area contributed by atoms with Crippen molar-refractivity contribution in [2.24, 2.45) is 0 Å². The lowest BCUT2D eigenvalue weighted by atomic mass is 10.3. The van der Waals surface area contributed by atoms with Gasteiger partial charge in [-0.2, -0.15) is 4.39 Å². The number of hydrogen-bond donors (Lipinski definition) is 0. The van der Waals surface area contributed by atoms with Crippen molar-refractivity contribution in [3.63, 3.8) is 0 Å². The average Bonchev–Trinajstić information content (AvgIpc) is 2.32. The molecule has 0 amide bonds. The van der Waals surface area contributed by atoms with Gasteiger partial charge in [0.15, 0.2) is 11.6 Å². The summed E-state index contributed by atoms with van der Waals surface area (Å²) in [6.45, 7) is 0.470.